The number of hydrogen-bond acceptors (Lipinski definition) is 4. The second-order valence-electron chi connectivity index (χ2n) is 14.1. The summed E-state index contributed by atoms with van der Waals surface area (Å²) in [6.07, 6.45) is 3.63. The number of hydrogen-bond donors (Lipinski definition) is 0. The third-order valence-electron chi connectivity index (χ3n) is 11.2. The van der Waals surface area contributed by atoms with E-state index in [1.807, 2.05) is 0 Å². The second-order valence-corrected chi connectivity index (χ2v) is 27.8. The van der Waals surface area contributed by atoms with E-state index in [9.17, 15) is 4.79 Å². The zero-order valence-electron chi connectivity index (χ0n) is 29.4. The Kier molecular flexibility index (Phi) is 13.9. The van der Waals surface area contributed by atoms with Gasteiger partial charge in [0, 0.05) is 18.9 Å². The van der Waals surface area contributed by atoms with E-state index in [0.717, 1.165) is 55.4 Å². The first-order valence-corrected chi connectivity index (χ1v) is 24.6. The predicted octanol–water partition coefficient (Wildman–Crippen LogP) is 8.96. The number of aldehydes is 1. The van der Waals surface area contributed by atoms with Gasteiger partial charge in [0.05, 0.1) is 12.2 Å². The maximum Gasteiger partial charge on any atom is 0.261 e. The number of benzene rings is 2. The van der Waals surface area contributed by atoms with Gasteiger partial charge >= 0.3 is 0 Å². The highest BCUT2D eigenvalue weighted by molar-refractivity contribution is 6.99. The van der Waals surface area contributed by atoms with Crippen LogP contribution >= 0.6 is 0 Å². The van der Waals surface area contributed by atoms with Crippen molar-refractivity contribution >= 4 is 41.6 Å². The summed E-state index contributed by atoms with van der Waals surface area (Å²) in [4.78, 5) is 11.8. The summed E-state index contributed by atoms with van der Waals surface area (Å²) in [7, 11) is -6.49. The molecule has 7 heteroatoms. The van der Waals surface area contributed by atoms with E-state index in [1.165, 1.54) is 10.4 Å². The maximum atomic E-state index is 11.8. The number of carbonyl (C=O) groups excluding carboxylic acids is 1. The van der Waals surface area contributed by atoms with E-state index in [-0.39, 0.29) is 29.1 Å². The lowest BCUT2D eigenvalue weighted by Gasteiger charge is -2.44. The molecule has 246 valence electrons. The number of rotatable bonds is 18. The van der Waals surface area contributed by atoms with Gasteiger partial charge in [-0.15, -0.1) is 0 Å². The quantitative estimate of drug-likeness (QED) is 0.119. The first-order chi connectivity index (χ1) is 21.0. The summed E-state index contributed by atoms with van der Waals surface area (Å²) in [5.41, 5.74) is 0. The Morgan fingerprint density at radius 3 is 1.45 bits per heavy atom. The van der Waals surface area contributed by atoms with Crippen molar-refractivity contribution in [3.63, 3.8) is 0 Å². The summed E-state index contributed by atoms with van der Waals surface area (Å²) in [5.74, 6) is 0.438. The molecule has 0 aromatic heterocycles. The van der Waals surface area contributed by atoms with Crippen molar-refractivity contribution in [3.8, 4) is 0 Å². The lowest BCUT2D eigenvalue weighted by atomic mass is 9.90. The molecular weight excluding hydrogens is 593 g/mol. The van der Waals surface area contributed by atoms with Crippen molar-refractivity contribution in [1.82, 2.24) is 0 Å². The first kappa shape index (κ1) is 37.1. The third kappa shape index (κ3) is 7.95. The molecule has 1 fully saturated rings. The van der Waals surface area contributed by atoms with Gasteiger partial charge in [-0.1, -0.05) is 123 Å². The van der Waals surface area contributed by atoms with Gasteiger partial charge in [-0.05, 0) is 70.4 Å². The summed E-state index contributed by atoms with van der Waals surface area (Å²) >= 11 is 0. The van der Waals surface area contributed by atoms with Crippen LogP contribution in [0.4, 0.5) is 0 Å². The van der Waals surface area contributed by atoms with E-state index in [2.05, 4.69) is 123 Å². The van der Waals surface area contributed by atoms with Gasteiger partial charge in [0.25, 0.3) is 8.32 Å². The molecule has 4 nitrogen and oxygen atoms in total. The Hall–Kier alpha value is -1.36. The second kappa shape index (κ2) is 16.5. The molecule has 0 aliphatic heterocycles. The van der Waals surface area contributed by atoms with E-state index >= 15 is 0 Å². The summed E-state index contributed by atoms with van der Waals surface area (Å²) in [6, 6.07) is 28.7. The van der Waals surface area contributed by atoms with Crippen LogP contribution < -0.4 is 10.4 Å². The van der Waals surface area contributed by atoms with Crippen molar-refractivity contribution in [2.75, 3.05) is 6.61 Å². The molecule has 0 amide bonds. The normalized spacial score (nSPS) is 21.5. The van der Waals surface area contributed by atoms with Gasteiger partial charge in [0.2, 0.25) is 0 Å². The summed E-state index contributed by atoms with van der Waals surface area (Å²) in [6.45, 7) is 21.6. The minimum Gasteiger partial charge on any atom is -0.414 e. The van der Waals surface area contributed by atoms with E-state index in [0.29, 0.717) is 13.0 Å². The van der Waals surface area contributed by atoms with Crippen LogP contribution in [0.1, 0.15) is 81.6 Å². The van der Waals surface area contributed by atoms with Crippen LogP contribution in [0.5, 0.6) is 0 Å². The largest absolute Gasteiger partial charge is 0.414 e. The van der Waals surface area contributed by atoms with Crippen molar-refractivity contribution < 1.29 is 18.1 Å². The molecular formula is C37H62O4Si3. The van der Waals surface area contributed by atoms with E-state index < -0.39 is 25.0 Å². The zero-order chi connectivity index (χ0) is 32.4. The highest BCUT2D eigenvalue weighted by atomic mass is 28.4. The zero-order valence-corrected chi connectivity index (χ0v) is 32.4. The average Bonchev–Trinajstić information content (AvgIpc) is 3.36. The fourth-order valence-electron chi connectivity index (χ4n) is 7.92. The standard InChI is InChI=1S/C37H62O4Si3/c1-10-42(11-2,12-3)40-35-29-36(41-43(13-4,14-5)15-6)34(33(35)27-22-28-38)30-39-44(37(7,8)9,31-23-18-16-19-24-31)32-25-20-17-21-26-32/h16-21,23-26,28,33-36H,10-15,22,27,29-30H2,1-9H3/t33-,34+,35-,36+/m0/s1. The molecule has 2 aromatic carbocycles. The molecule has 0 bridgehead atoms. The first-order valence-electron chi connectivity index (χ1n) is 17.6. The van der Waals surface area contributed by atoms with Gasteiger partial charge in [0.1, 0.15) is 6.29 Å². The molecule has 1 saturated carbocycles. The fraction of sp³-hybridized carbons (Fsp3) is 0.649. The molecule has 0 spiro atoms. The molecule has 0 heterocycles. The topological polar surface area (TPSA) is 44.8 Å². The molecule has 3 rings (SSSR count). The highest BCUT2D eigenvalue weighted by Gasteiger charge is 2.54. The van der Waals surface area contributed by atoms with Crippen molar-refractivity contribution in [3.05, 3.63) is 60.7 Å². The molecule has 1 aliphatic carbocycles. The van der Waals surface area contributed by atoms with Gasteiger partial charge in [-0.2, -0.15) is 0 Å². The maximum absolute atomic E-state index is 11.8. The van der Waals surface area contributed by atoms with Crippen molar-refractivity contribution in [2.24, 2.45) is 11.8 Å². The Bertz CT molecular complexity index is 1060. The van der Waals surface area contributed by atoms with Gasteiger partial charge in [0.15, 0.2) is 16.6 Å². The van der Waals surface area contributed by atoms with Crippen molar-refractivity contribution in [1.29, 1.82) is 0 Å². The summed E-state index contributed by atoms with van der Waals surface area (Å²) in [5, 5.41) is 2.52. The molecule has 0 N–H and O–H groups in total. The Morgan fingerprint density at radius 1 is 0.682 bits per heavy atom. The van der Waals surface area contributed by atoms with Crippen LogP contribution in [0.15, 0.2) is 60.7 Å². The minimum atomic E-state index is -2.73. The summed E-state index contributed by atoms with van der Waals surface area (Å²) < 4.78 is 22.3. The van der Waals surface area contributed by atoms with Crippen LogP contribution in [-0.2, 0) is 18.1 Å². The number of carbonyl (C=O) groups is 1. The van der Waals surface area contributed by atoms with E-state index in [4.69, 9.17) is 13.3 Å². The molecule has 2 aromatic rings. The van der Waals surface area contributed by atoms with Crippen LogP contribution in [0.25, 0.3) is 0 Å². The molecule has 0 saturated heterocycles. The lowest BCUT2D eigenvalue weighted by molar-refractivity contribution is -0.108. The molecule has 44 heavy (non-hydrogen) atoms. The highest BCUT2D eigenvalue weighted by Crippen LogP contribution is 2.45. The van der Waals surface area contributed by atoms with E-state index in [1.54, 1.807) is 0 Å². The molecule has 0 radical (unpaired) electrons. The Labute approximate surface area is 273 Å². The predicted molar refractivity (Wildman–Crippen MR) is 195 cm³/mol. The molecule has 4 atom stereocenters. The van der Waals surface area contributed by atoms with Crippen LogP contribution in [0.3, 0.4) is 0 Å². The Balaban J connectivity index is 2.14. The van der Waals surface area contributed by atoms with Crippen LogP contribution in [0.2, 0.25) is 41.3 Å². The average molecular weight is 655 g/mol. The van der Waals surface area contributed by atoms with Crippen LogP contribution in [0, 0.1) is 11.8 Å². The van der Waals surface area contributed by atoms with Crippen molar-refractivity contribution in [2.45, 2.75) is 135 Å². The lowest BCUT2D eigenvalue weighted by Crippen LogP contribution is -2.67. The third-order valence-corrected chi connectivity index (χ3v) is 25.5. The Morgan fingerprint density at radius 2 is 1.09 bits per heavy atom. The SMILES string of the molecule is CC[Si](CC)(CC)O[C@H]1C[C@@H](O[Si](CC)(CC)CC)[C@H](CO[Si](c2ccccc2)(c2ccccc2)C(C)(C)C)[C@@H]1CCC=O. The minimum absolute atomic E-state index is 0.0949. The fourth-order valence-corrected chi connectivity index (χ4v) is 18.3. The monoisotopic (exact) mass is 654 g/mol. The van der Waals surface area contributed by atoms with Gasteiger partial charge < -0.3 is 18.1 Å². The van der Waals surface area contributed by atoms with Gasteiger partial charge in [-0.3, -0.25) is 0 Å². The molecule has 1 aliphatic rings. The van der Waals surface area contributed by atoms with Gasteiger partial charge in [-0.25, -0.2) is 0 Å². The molecule has 0 unspecified atom stereocenters. The van der Waals surface area contributed by atoms with Crippen LogP contribution in [-0.4, -0.2) is 50.1 Å². The smallest absolute Gasteiger partial charge is 0.261 e.